The molecule has 0 saturated carbocycles. The largest absolute Gasteiger partial charge is 0.417 e. The number of nitrogens with one attached hydrogen (secondary N) is 1. The van der Waals surface area contributed by atoms with E-state index >= 15 is 0 Å². The van der Waals surface area contributed by atoms with Crippen molar-refractivity contribution in [2.24, 2.45) is 0 Å². The third-order valence-electron chi connectivity index (χ3n) is 2.89. The highest BCUT2D eigenvalue weighted by Gasteiger charge is 2.34. The maximum atomic E-state index is 13.1. The van der Waals surface area contributed by atoms with Crippen molar-refractivity contribution in [3.63, 3.8) is 0 Å². The Labute approximate surface area is 132 Å². The van der Waals surface area contributed by atoms with Crippen LogP contribution in [0.2, 0.25) is 5.02 Å². The van der Waals surface area contributed by atoms with Crippen LogP contribution >= 0.6 is 23.4 Å². The Bertz CT molecular complexity index is 736. The Kier molecular flexibility index (Phi) is 4.48. The summed E-state index contributed by atoms with van der Waals surface area (Å²) in [6, 6.07) is 6.77. The summed E-state index contributed by atoms with van der Waals surface area (Å²) in [7, 11) is 0. The van der Waals surface area contributed by atoms with Gasteiger partial charge in [-0.25, -0.2) is 0 Å². The van der Waals surface area contributed by atoms with Crippen LogP contribution in [0.1, 0.15) is 5.56 Å². The van der Waals surface area contributed by atoms with Gasteiger partial charge in [0.25, 0.3) is 5.69 Å². The fourth-order valence-electron chi connectivity index (χ4n) is 1.93. The number of nitro benzene ring substituents is 1. The van der Waals surface area contributed by atoms with E-state index in [9.17, 15) is 23.3 Å². The standard InChI is InChI=1S/C13H7Cl2F3N2O2/c14-8-2-3-9(10(6-8)13(16,17)18)7-1-4-11(19-15)12(5-7)20(21)22/h1-6,19H. The third-order valence-corrected chi connectivity index (χ3v) is 3.33. The second kappa shape index (κ2) is 6.02. The highest BCUT2D eigenvalue weighted by atomic mass is 35.5. The summed E-state index contributed by atoms with van der Waals surface area (Å²) in [6.07, 6.45) is -4.64. The molecule has 4 nitrogen and oxygen atoms in total. The van der Waals surface area contributed by atoms with Crippen molar-refractivity contribution in [3.8, 4) is 11.1 Å². The summed E-state index contributed by atoms with van der Waals surface area (Å²) in [6.45, 7) is 0. The molecule has 0 aliphatic carbocycles. The van der Waals surface area contributed by atoms with E-state index in [2.05, 4.69) is 4.84 Å². The van der Waals surface area contributed by atoms with Gasteiger partial charge >= 0.3 is 6.18 Å². The molecule has 9 heteroatoms. The lowest BCUT2D eigenvalue weighted by molar-refractivity contribution is -0.383. The zero-order chi connectivity index (χ0) is 16.5. The number of rotatable bonds is 3. The van der Waals surface area contributed by atoms with Crippen molar-refractivity contribution in [1.82, 2.24) is 0 Å². The fraction of sp³-hybridized carbons (Fsp3) is 0.0769. The van der Waals surface area contributed by atoms with Crippen LogP contribution in [-0.2, 0) is 6.18 Å². The lowest BCUT2D eigenvalue weighted by atomic mass is 9.98. The summed E-state index contributed by atoms with van der Waals surface area (Å²) in [4.78, 5) is 12.3. The van der Waals surface area contributed by atoms with Gasteiger partial charge in [-0.1, -0.05) is 23.7 Å². The van der Waals surface area contributed by atoms with E-state index < -0.39 is 22.4 Å². The van der Waals surface area contributed by atoms with Gasteiger partial charge in [-0.3, -0.25) is 15.0 Å². The number of hydrogen-bond acceptors (Lipinski definition) is 3. The fourth-order valence-corrected chi connectivity index (χ4v) is 2.26. The van der Waals surface area contributed by atoms with Crippen LogP contribution in [0.3, 0.4) is 0 Å². The molecule has 0 aliphatic heterocycles. The Hall–Kier alpha value is -1.99. The van der Waals surface area contributed by atoms with Gasteiger partial charge in [-0.15, -0.1) is 0 Å². The zero-order valence-electron chi connectivity index (χ0n) is 10.6. The minimum atomic E-state index is -4.64. The molecular weight excluding hydrogens is 344 g/mol. The predicted octanol–water partition coefficient (Wildman–Crippen LogP) is 5.50. The molecule has 1 N–H and O–H groups in total. The Morgan fingerprint density at radius 1 is 1.14 bits per heavy atom. The van der Waals surface area contributed by atoms with Crippen LogP contribution in [0.25, 0.3) is 11.1 Å². The molecule has 0 fully saturated rings. The molecule has 2 aromatic rings. The van der Waals surface area contributed by atoms with Crippen molar-refractivity contribution < 1.29 is 18.1 Å². The molecule has 0 amide bonds. The lowest BCUT2D eigenvalue weighted by Crippen LogP contribution is -2.07. The molecule has 0 unspecified atom stereocenters. The monoisotopic (exact) mass is 350 g/mol. The summed E-state index contributed by atoms with van der Waals surface area (Å²) < 4.78 is 39.3. The summed E-state index contributed by atoms with van der Waals surface area (Å²) in [5.74, 6) is 0. The third kappa shape index (κ3) is 3.26. The normalized spacial score (nSPS) is 11.3. The maximum absolute atomic E-state index is 13.1. The van der Waals surface area contributed by atoms with Gasteiger partial charge < -0.3 is 0 Å². The van der Waals surface area contributed by atoms with Gasteiger partial charge in [0.1, 0.15) is 5.69 Å². The number of anilines is 1. The van der Waals surface area contributed by atoms with Crippen molar-refractivity contribution >= 4 is 34.8 Å². The number of nitrogens with zero attached hydrogens (tertiary/aromatic N) is 1. The van der Waals surface area contributed by atoms with Crippen LogP contribution in [0, 0.1) is 10.1 Å². The first kappa shape index (κ1) is 16.4. The molecule has 2 rings (SSSR count). The number of benzene rings is 2. The molecule has 116 valence electrons. The van der Waals surface area contributed by atoms with Crippen LogP contribution in [0.4, 0.5) is 24.5 Å². The lowest BCUT2D eigenvalue weighted by Gasteiger charge is -2.14. The van der Waals surface area contributed by atoms with E-state index in [4.69, 9.17) is 23.4 Å². The minimum Gasteiger partial charge on any atom is -0.292 e. The van der Waals surface area contributed by atoms with E-state index in [1.165, 1.54) is 18.2 Å². The van der Waals surface area contributed by atoms with E-state index in [-0.39, 0.29) is 21.8 Å². The molecule has 0 aromatic heterocycles. The average molecular weight is 351 g/mol. The molecule has 0 saturated heterocycles. The molecule has 0 radical (unpaired) electrons. The molecule has 0 spiro atoms. The SMILES string of the molecule is O=[N+]([O-])c1cc(-c2ccc(Cl)cc2C(F)(F)F)ccc1NCl. The molecule has 0 bridgehead atoms. The summed E-state index contributed by atoms with van der Waals surface area (Å²) >= 11 is 11.0. The van der Waals surface area contributed by atoms with Gasteiger partial charge in [0.2, 0.25) is 0 Å². The van der Waals surface area contributed by atoms with Crippen molar-refractivity contribution in [3.05, 3.63) is 57.1 Å². The highest BCUT2D eigenvalue weighted by molar-refractivity contribution is 6.30. The van der Waals surface area contributed by atoms with Gasteiger partial charge in [0.15, 0.2) is 0 Å². The van der Waals surface area contributed by atoms with Crippen LogP contribution in [0.5, 0.6) is 0 Å². The topological polar surface area (TPSA) is 55.2 Å². The van der Waals surface area contributed by atoms with Crippen molar-refractivity contribution in [1.29, 1.82) is 0 Å². The minimum absolute atomic E-state index is 0.0158. The number of hydrogen-bond donors (Lipinski definition) is 1. The number of halogens is 5. The highest BCUT2D eigenvalue weighted by Crippen LogP contribution is 2.40. The molecule has 0 atom stereocenters. The Morgan fingerprint density at radius 3 is 2.36 bits per heavy atom. The van der Waals surface area contributed by atoms with Gasteiger partial charge in [0, 0.05) is 22.9 Å². The molecule has 2 aromatic carbocycles. The summed E-state index contributed by atoms with van der Waals surface area (Å²) in [5, 5.41) is 10.9. The molecular formula is C13H7Cl2F3N2O2. The second-order valence-corrected chi connectivity index (χ2v) is 4.90. The quantitative estimate of drug-likeness (QED) is 0.451. The molecule has 22 heavy (non-hydrogen) atoms. The first-order valence-electron chi connectivity index (χ1n) is 5.76. The number of alkyl halides is 3. The average Bonchev–Trinajstić information content (AvgIpc) is 2.45. The van der Waals surface area contributed by atoms with E-state index in [0.717, 1.165) is 18.2 Å². The van der Waals surface area contributed by atoms with Crippen molar-refractivity contribution in [2.75, 3.05) is 4.84 Å². The zero-order valence-corrected chi connectivity index (χ0v) is 12.1. The Balaban J connectivity index is 2.67. The van der Waals surface area contributed by atoms with Crippen molar-refractivity contribution in [2.45, 2.75) is 6.18 Å². The first-order chi connectivity index (χ1) is 10.2. The number of nitro groups is 1. The predicted molar refractivity (Wildman–Crippen MR) is 78.0 cm³/mol. The van der Waals surface area contributed by atoms with Gasteiger partial charge in [-0.05, 0) is 29.3 Å². The molecule has 0 aliphatic rings. The van der Waals surface area contributed by atoms with Crippen LogP contribution < -0.4 is 4.84 Å². The Morgan fingerprint density at radius 2 is 1.82 bits per heavy atom. The maximum Gasteiger partial charge on any atom is 0.417 e. The summed E-state index contributed by atoms with van der Waals surface area (Å²) in [5.41, 5.74) is -1.60. The van der Waals surface area contributed by atoms with E-state index in [1.54, 1.807) is 0 Å². The second-order valence-electron chi connectivity index (χ2n) is 4.27. The first-order valence-corrected chi connectivity index (χ1v) is 6.52. The van der Waals surface area contributed by atoms with Gasteiger partial charge in [-0.2, -0.15) is 13.2 Å². The van der Waals surface area contributed by atoms with E-state index in [0.29, 0.717) is 0 Å². The smallest absolute Gasteiger partial charge is 0.292 e. The van der Waals surface area contributed by atoms with Crippen LogP contribution in [-0.4, -0.2) is 4.92 Å². The van der Waals surface area contributed by atoms with Crippen LogP contribution in [0.15, 0.2) is 36.4 Å². The van der Waals surface area contributed by atoms with E-state index in [1.807, 2.05) is 0 Å². The van der Waals surface area contributed by atoms with Gasteiger partial charge in [0.05, 0.1) is 10.5 Å². The molecule has 0 heterocycles.